The molecule has 7 heteroatoms. The van der Waals surface area contributed by atoms with Crippen molar-refractivity contribution in [3.8, 4) is 0 Å². The zero-order valence-electron chi connectivity index (χ0n) is 12.5. The normalized spacial score (nSPS) is 17.5. The topological polar surface area (TPSA) is 87.5 Å². The first-order chi connectivity index (χ1) is 9.97. The Labute approximate surface area is 123 Å². The number of carbonyl (C=O) groups is 2. The van der Waals surface area contributed by atoms with Gasteiger partial charge in [0.1, 0.15) is 0 Å². The number of nitrogens with zero attached hydrogens (tertiary/aromatic N) is 3. The maximum atomic E-state index is 12.1. The standard InChI is InChI=1S/C14H22N4O3/c1-3-5-14(12(19)20)6-9-18(10-7-14)13(21)15-11-4-8-17(2)16-11/h4,8H,3,5-7,9-10H2,1-2H3,(H,19,20)(H,15,16,21). The van der Waals surface area contributed by atoms with E-state index in [1.807, 2.05) is 6.92 Å². The van der Waals surface area contributed by atoms with Crippen molar-refractivity contribution in [2.75, 3.05) is 18.4 Å². The summed E-state index contributed by atoms with van der Waals surface area (Å²) in [6.07, 6.45) is 4.27. The Bertz CT molecular complexity index is 518. The highest BCUT2D eigenvalue weighted by Gasteiger charge is 2.41. The second-order valence-electron chi connectivity index (χ2n) is 5.63. The van der Waals surface area contributed by atoms with Gasteiger partial charge in [-0.25, -0.2) is 4.79 Å². The molecule has 1 aliphatic heterocycles. The van der Waals surface area contributed by atoms with E-state index in [9.17, 15) is 14.7 Å². The molecular weight excluding hydrogens is 272 g/mol. The average molecular weight is 294 g/mol. The highest BCUT2D eigenvalue weighted by Crippen LogP contribution is 2.36. The third kappa shape index (κ3) is 3.34. The number of carboxylic acid groups (broad SMARTS) is 1. The van der Waals surface area contributed by atoms with E-state index in [4.69, 9.17) is 0 Å². The van der Waals surface area contributed by atoms with Gasteiger partial charge in [-0.2, -0.15) is 5.10 Å². The molecule has 2 N–H and O–H groups in total. The Morgan fingerprint density at radius 3 is 2.57 bits per heavy atom. The monoisotopic (exact) mass is 294 g/mol. The molecule has 1 aromatic rings. The summed E-state index contributed by atoms with van der Waals surface area (Å²) in [6, 6.07) is 1.50. The number of piperidine rings is 1. The van der Waals surface area contributed by atoms with Gasteiger partial charge in [-0.3, -0.25) is 14.8 Å². The van der Waals surface area contributed by atoms with Crippen molar-refractivity contribution in [1.82, 2.24) is 14.7 Å². The Kier molecular flexibility index (Phi) is 4.50. The minimum Gasteiger partial charge on any atom is -0.481 e. The third-order valence-corrected chi connectivity index (χ3v) is 4.14. The molecule has 1 fully saturated rings. The number of aryl methyl sites for hydroxylation is 1. The van der Waals surface area contributed by atoms with E-state index >= 15 is 0 Å². The number of rotatable bonds is 4. The Morgan fingerprint density at radius 2 is 2.10 bits per heavy atom. The minimum absolute atomic E-state index is 0.218. The van der Waals surface area contributed by atoms with Crippen molar-refractivity contribution in [2.45, 2.75) is 32.6 Å². The van der Waals surface area contributed by atoms with Crippen LogP contribution in [0.15, 0.2) is 12.3 Å². The zero-order chi connectivity index (χ0) is 15.5. The highest BCUT2D eigenvalue weighted by molar-refractivity contribution is 5.88. The van der Waals surface area contributed by atoms with Crippen molar-refractivity contribution in [1.29, 1.82) is 0 Å². The van der Waals surface area contributed by atoms with E-state index in [0.29, 0.717) is 38.2 Å². The van der Waals surface area contributed by atoms with Gasteiger partial charge in [0.05, 0.1) is 5.41 Å². The van der Waals surface area contributed by atoms with Gasteiger partial charge >= 0.3 is 12.0 Å². The maximum Gasteiger partial charge on any atom is 0.323 e. The molecule has 1 saturated heterocycles. The molecule has 1 aromatic heterocycles. The van der Waals surface area contributed by atoms with Crippen LogP contribution in [-0.4, -0.2) is 44.9 Å². The number of hydrogen-bond acceptors (Lipinski definition) is 3. The van der Waals surface area contributed by atoms with E-state index in [2.05, 4.69) is 10.4 Å². The summed E-state index contributed by atoms with van der Waals surface area (Å²) in [4.78, 5) is 25.3. The van der Waals surface area contributed by atoms with Gasteiger partial charge in [-0.1, -0.05) is 13.3 Å². The van der Waals surface area contributed by atoms with Crippen molar-refractivity contribution >= 4 is 17.8 Å². The summed E-state index contributed by atoms with van der Waals surface area (Å²) in [5.41, 5.74) is -0.670. The summed E-state index contributed by atoms with van der Waals surface area (Å²) >= 11 is 0. The number of carboxylic acids is 1. The van der Waals surface area contributed by atoms with Crippen LogP contribution in [0, 0.1) is 5.41 Å². The van der Waals surface area contributed by atoms with Crippen LogP contribution >= 0.6 is 0 Å². The lowest BCUT2D eigenvalue weighted by molar-refractivity contribution is -0.152. The third-order valence-electron chi connectivity index (χ3n) is 4.14. The lowest BCUT2D eigenvalue weighted by Gasteiger charge is -2.38. The first-order valence-electron chi connectivity index (χ1n) is 7.26. The first kappa shape index (κ1) is 15.3. The molecule has 1 aliphatic rings. The largest absolute Gasteiger partial charge is 0.481 e. The summed E-state index contributed by atoms with van der Waals surface area (Å²) in [5, 5.41) is 16.3. The van der Waals surface area contributed by atoms with Crippen molar-refractivity contribution in [2.24, 2.45) is 12.5 Å². The number of nitrogens with one attached hydrogen (secondary N) is 1. The number of hydrogen-bond donors (Lipinski definition) is 2. The SMILES string of the molecule is CCCC1(C(=O)O)CCN(C(=O)Nc2ccn(C)n2)CC1. The smallest absolute Gasteiger partial charge is 0.323 e. The van der Waals surface area contributed by atoms with Gasteiger partial charge in [0, 0.05) is 32.4 Å². The molecule has 0 bridgehead atoms. The quantitative estimate of drug-likeness (QED) is 0.888. The van der Waals surface area contributed by atoms with E-state index in [0.717, 1.165) is 6.42 Å². The van der Waals surface area contributed by atoms with Crippen LogP contribution in [0.25, 0.3) is 0 Å². The van der Waals surface area contributed by atoms with Gasteiger partial charge in [0.2, 0.25) is 0 Å². The van der Waals surface area contributed by atoms with Crippen LogP contribution in [0.3, 0.4) is 0 Å². The summed E-state index contributed by atoms with van der Waals surface area (Å²) < 4.78 is 1.61. The lowest BCUT2D eigenvalue weighted by Crippen LogP contribution is -2.47. The fourth-order valence-corrected chi connectivity index (χ4v) is 2.86. The van der Waals surface area contributed by atoms with Gasteiger partial charge in [0.25, 0.3) is 0 Å². The minimum atomic E-state index is -0.742. The molecule has 21 heavy (non-hydrogen) atoms. The van der Waals surface area contributed by atoms with Crippen molar-refractivity contribution in [3.63, 3.8) is 0 Å². The van der Waals surface area contributed by atoms with Crippen LogP contribution in [0.1, 0.15) is 32.6 Å². The molecule has 2 rings (SSSR count). The summed E-state index contributed by atoms with van der Waals surface area (Å²) in [5.74, 6) is -0.236. The van der Waals surface area contributed by atoms with Crippen LogP contribution < -0.4 is 5.32 Å². The maximum absolute atomic E-state index is 12.1. The Morgan fingerprint density at radius 1 is 1.43 bits per heavy atom. The number of amides is 2. The highest BCUT2D eigenvalue weighted by atomic mass is 16.4. The van der Waals surface area contributed by atoms with Gasteiger partial charge in [-0.05, 0) is 19.3 Å². The second kappa shape index (κ2) is 6.15. The van der Waals surface area contributed by atoms with E-state index < -0.39 is 11.4 Å². The molecule has 0 spiro atoms. The molecule has 2 heterocycles. The van der Waals surface area contributed by atoms with Crippen LogP contribution in [-0.2, 0) is 11.8 Å². The van der Waals surface area contributed by atoms with Gasteiger partial charge in [0.15, 0.2) is 5.82 Å². The number of anilines is 1. The average Bonchev–Trinajstić information content (AvgIpc) is 2.85. The molecule has 0 saturated carbocycles. The van der Waals surface area contributed by atoms with Crippen molar-refractivity contribution in [3.05, 3.63) is 12.3 Å². The van der Waals surface area contributed by atoms with Crippen LogP contribution in [0.5, 0.6) is 0 Å². The Hall–Kier alpha value is -2.05. The zero-order valence-corrected chi connectivity index (χ0v) is 12.5. The molecule has 2 amide bonds. The predicted molar refractivity (Wildman–Crippen MR) is 78.0 cm³/mol. The number of aromatic nitrogens is 2. The number of carbonyl (C=O) groups excluding carboxylic acids is 1. The lowest BCUT2D eigenvalue weighted by atomic mass is 9.75. The number of urea groups is 1. The second-order valence-corrected chi connectivity index (χ2v) is 5.63. The van der Waals surface area contributed by atoms with E-state index in [1.54, 1.807) is 28.9 Å². The molecule has 0 aliphatic carbocycles. The first-order valence-corrected chi connectivity index (χ1v) is 7.26. The molecule has 7 nitrogen and oxygen atoms in total. The molecule has 0 unspecified atom stereocenters. The van der Waals surface area contributed by atoms with Gasteiger partial charge in [-0.15, -0.1) is 0 Å². The molecule has 0 atom stereocenters. The van der Waals surface area contributed by atoms with E-state index in [-0.39, 0.29) is 6.03 Å². The number of likely N-dealkylation sites (tertiary alicyclic amines) is 1. The Balaban J connectivity index is 1.93. The summed E-state index contributed by atoms with van der Waals surface area (Å²) in [6.45, 7) is 2.92. The molecular formula is C14H22N4O3. The van der Waals surface area contributed by atoms with E-state index in [1.165, 1.54) is 0 Å². The van der Waals surface area contributed by atoms with Crippen LogP contribution in [0.2, 0.25) is 0 Å². The predicted octanol–water partition coefficient (Wildman–Crippen LogP) is 1.92. The van der Waals surface area contributed by atoms with Crippen molar-refractivity contribution < 1.29 is 14.7 Å². The fraction of sp³-hybridized carbons (Fsp3) is 0.643. The van der Waals surface area contributed by atoms with Gasteiger partial charge < -0.3 is 10.0 Å². The molecule has 0 radical (unpaired) electrons. The fourth-order valence-electron chi connectivity index (χ4n) is 2.86. The number of aliphatic carboxylic acids is 1. The molecule has 116 valence electrons. The molecule has 0 aromatic carbocycles. The van der Waals surface area contributed by atoms with Crippen LogP contribution in [0.4, 0.5) is 10.6 Å². The summed E-state index contributed by atoms with van der Waals surface area (Å²) in [7, 11) is 1.78.